The monoisotopic (exact) mass is 508 g/mol. The van der Waals surface area contributed by atoms with Crippen molar-refractivity contribution in [3.05, 3.63) is 52.7 Å². The number of ether oxygens (including phenoxy) is 1. The highest BCUT2D eigenvalue weighted by Gasteiger charge is 2.64. The summed E-state index contributed by atoms with van der Waals surface area (Å²) in [6, 6.07) is 10.7. The number of halogens is 1. The first-order valence-corrected chi connectivity index (χ1v) is 12.8. The van der Waals surface area contributed by atoms with Gasteiger partial charge in [-0.3, -0.25) is 4.79 Å². The van der Waals surface area contributed by atoms with Crippen molar-refractivity contribution >= 4 is 29.6 Å². The average Bonchev–Trinajstić information content (AvgIpc) is 2.86. The quantitative estimate of drug-likeness (QED) is 0.527. The molecule has 190 valence electrons. The number of carbonyl (C=O) groups excluding carboxylic acids is 2. The highest BCUT2D eigenvalue weighted by molar-refractivity contribution is 6.31. The van der Waals surface area contributed by atoms with Gasteiger partial charge in [0.2, 0.25) is 0 Å². The molecule has 2 aliphatic rings. The van der Waals surface area contributed by atoms with Crippen molar-refractivity contribution in [2.45, 2.75) is 59.1 Å². The molecule has 1 saturated carbocycles. The Labute approximate surface area is 217 Å². The van der Waals surface area contributed by atoms with Crippen molar-refractivity contribution in [1.82, 2.24) is 10.3 Å². The van der Waals surface area contributed by atoms with Gasteiger partial charge in [0.1, 0.15) is 30.0 Å². The summed E-state index contributed by atoms with van der Waals surface area (Å²) in [6.45, 7) is 10.0. The van der Waals surface area contributed by atoms with Crippen LogP contribution < -0.4 is 15.0 Å². The molecule has 1 amide bonds. The first-order valence-electron chi connectivity index (χ1n) is 12.4. The smallest absolute Gasteiger partial charge is 0.253 e. The van der Waals surface area contributed by atoms with E-state index in [9.17, 15) is 9.59 Å². The van der Waals surface area contributed by atoms with Gasteiger partial charge in [0.25, 0.3) is 5.91 Å². The van der Waals surface area contributed by atoms with Gasteiger partial charge in [-0.1, -0.05) is 39.3 Å². The number of rotatable bonds is 7. The Bertz CT molecular complexity index is 1150. The Balaban J connectivity index is 1.39. The molecule has 0 atom stereocenters. The lowest BCUT2D eigenvalue weighted by Crippen LogP contribution is -2.74. The van der Waals surface area contributed by atoms with Crippen LogP contribution in [0.25, 0.3) is 0 Å². The highest BCUT2D eigenvalue weighted by atomic mass is 35.5. The Morgan fingerprint density at radius 1 is 1.22 bits per heavy atom. The van der Waals surface area contributed by atoms with Gasteiger partial charge in [-0.25, -0.2) is 4.98 Å². The number of hydrogen-bond acceptors (Lipinski definition) is 6. The number of amides is 1. The molecule has 0 spiro atoms. The van der Waals surface area contributed by atoms with E-state index in [0.29, 0.717) is 34.2 Å². The van der Waals surface area contributed by atoms with Crippen molar-refractivity contribution < 1.29 is 14.3 Å². The molecule has 1 saturated heterocycles. The number of anilines is 1. The van der Waals surface area contributed by atoms with Gasteiger partial charge in [-0.2, -0.15) is 5.26 Å². The summed E-state index contributed by atoms with van der Waals surface area (Å²) in [5.74, 6) is 1.75. The van der Waals surface area contributed by atoms with Crippen molar-refractivity contribution in [3.63, 3.8) is 0 Å². The fourth-order valence-corrected chi connectivity index (χ4v) is 6.26. The van der Waals surface area contributed by atoms with Crippen LogP contribution in [-0.4, -0.2) is 42.4 Å². The molecule has 0 bridgehead atoms. The lowest BCUT2D eigenvalue weighted by Gasteiger charge is -2.63. The van der Waals surface area contributed by atoms with Gasteiger partial charge in [0.15, 0.2) is 0 Å². The largest absolute Gasteiger partial charge is 0.489 e. The van der Waals surface area contributed by atoms with Crippen LogP contribution in [0.15, 0.2) is 36.5 Å². The summed E-state index contributed by atoms with van der Waals surface area (Å²) < 4.78 is 6.30. The third-order valence-corrected chi connectivity index (χ3v) is 8.12. The molecule has 36 heavy (non-hydrogen) atoms. The van der Waals surface area contributed by atoms with Gasteiger partial charge in [0, 0.05) is 48.6 Å². The van der Waals surface area contributed by atoms with E-state index in [0.717, 1.165) is 38.0 Å². The van der Waals surface area contributed by atoms with Gasteiger partial charge >= 0.3 is 0 Å². The molecule has 1 aliphatic heterocycles. The van der Waals surface area contributed by atoms with E-state index in [1.807, 2.05) is 12.1 Å². The maximum Gasteiger partial charge on any atom is 0.253 e. The SMILES string of the molecule is CC1(C)[C@H](NC(=O)c2ccc(N3CCC(CC=O)CC3)nc2)C(C)(C)[C@H]1Oc1ccc(C#N)c(Cl)c1. The van der Waals surface area contributed by atoms with E-state index in [4.69, 9.17) is 21.6 Å². The minimum atomic E-state index is -0.335. The predicted molar refractivity (Wildman–Crippen MR) is 139 cm³/mol. The third kappa shape index (κ3) is 4.92. The van der Waals surface area contributed by atoms with Crippen molar-refractivity contribution in [3.8, 4) is 11.8 Å². The fraction of sp³-hybridized carbons (Fsp3) is 0.500. The molecule has 1 aromatic heterocycles. The molecule has 4 rings (SSSR count). The molecule has 2 heterocycles. The van der Waals surface area contributed by atoms with Crippen LogP contribution in [-0.2, 0) is 4.79 Å². The first kappa shape index (κ1) is 26.0. The van der Waals surface area contributed by atoms with Crippen molar-refractivity contribution in [1.29, 1.82) is 5.26 Å². The molecule has 2 fully saturated rings. The molecule has 1 aliphatic carbocycles. The van der Waals surface area contributed by atoms with Crippen LogP contribution in [0.3, 0.4) is 0 Å². The Morgan fingerprint density at radius 2 is 1.92 bits per heavy atom. The summed E-state index contributed by atoms with van der Waals surface area (Å²) in [7, 11) is 0. The third-order valence-electron chi connectivity index (χ3n) is 7.81. The maximum atomic E-state index is 13.1. The number of nitrogens with zero attached hydrogens (tertiary/aromatic N) is 3. The van der Waals surface area contributed by atoms with Crippen molar-refractivity contribution in [2.75, 3.05) is 18.0 Å². The Kier molecular flexibility index (Phi) is 7.28. The lowest BCUT2D eigenvalue weighted by molar-refractivity contribution is -0.164. The Hall–Kier alpha value is -3.11. The fourth-order valence-electron chi connectivity index (χ4n) is 6.05. The van der Waals surface area contributed by atoms with Crippen LogP contribution in [0.4, 0.5) is 5.82 Å². The zero-order chi connectivity index (χ0) is 26.1. The second kappa shape index (κ2) is 10.1. The molecular weight excluding hydrogens is 476 g/mol. The van der Waals surface area contributed by atoms with Crippen LogP contribution in [0, 0.1) is 28.1 Å². The molecule has 7 nitrogen and oxygen atoms in total. The van der Waals surface area contributed by atoms with Crippen molar-refractivity contribution in [2.24, 2.45) is 16.7 Å². The predicted octanol–water partition coefficient (Wildman–Crippen LogP) is 5.02. The number of carbonyl (C=O) groups is 2. The minimum Gasteiger partial charge on any atom is -0.489 e. The summed E-state index contributed by atoms with van der Waals surface area (Å²) in [5.41, 5.74) is 0.255. The number of hydrogen-bond donors (Lipinski definition) is 1. The second-order valence-electron chi connectivity index (χ2n) is 11.0. The number of pyridine rings is 1. The van der Waals surface area contributed by atoms with Crippen LogP contribution in [0.5, 0.6) is 5.75 Å². The summed E-state index contributed by atoms with van der Waals surface area (Å²) in [6.07, 6.45) is 5.06. The number of nitrogens with one attached hydrogen (secondary N) is 1. The topological polar surface area (TPSA) is 95.3 Å². The van der Waals surface area contributed by atoms with E-state index in [1.165, 1.54) is 0 Å². The molecule has 2 aromatic rings. The van der Waals surface area contributed by atoms with E-state index in [-0.39, 0.29) is 28.9 Å². The lowest BCUT2D eigenvalue weighted by atomic mass is 9.49. The molecular formula is C28H33ClN4O3. The number of aromatic nitrogens is 1. The minimum absolute atomic E-state index is 0.118. The normalized spacial score (nSPS) is 22.7. The number of piperidine rings is 1. The molecule has 1 aromatic carbocycles. The molecule has 8 heteroatoms. The molecule has 1 N–H and O–H groups in total. The van der Waals surface area contributed by atoms with E-state index in [2.05, 4.69) is 49.0 Å². The number of aldehydes is 1. The van der Waals surface area contributed by atoms with Gasteiger partial charge in [-0.15, -0.1) is 0 Å². The van der Waals surface area contributed by atoms with Crippen LogP contribution >= 0.6 is 11.6 Å². The summed E-state index contributed by atoms with van der Waals surface area (Å²) >= 11 is 6.18. The van der Waals surface area contributed by atoms with Gasteiger partial charge < -0.3 is 19.7 Å². The molecule has 0 radical (unpaired) electrons. The molecule has 0 unspecified atom stereocenters. The maximum absolute atomic E-state index is 13.1. The summed E-state index contributed by atoms with van der Waals surface area (Å²) in [5, 5.41) is 12.7. The highest BCUT2D eigenvalue weighted by Crippen LogP contribution is 2.55. The van der Waals surface area contributed by atoms with Gasteiger partial charge in [-0.05, 0) is 43.0 Å². The second-order valence-corrected chi connectivity index (χ2v) is 11.4. The Morgan fingerprint density at radius 3 is 2.47 bits per heavy atom. The number of benzene rings is 1. The zero-order valence-electron chi connectivity index (χ0n) is 21.3. The van der Waals surface area contributed by atoms with E-state index < -0.39 is 0 Å². The standard InChI is InChI=1S/C28H33ClN4O3/c1-27(2)25(28(3,4)26(27)36-21-7-5-19(16-30)22(29)15-21)32-24(35)20-6-8-23(31-17-20)33-12-9-18(10-13-33)11-14-34/h5-8,14-15,17-18,25-26H,9-13H2,1-4H3,(H,32,35)/t25-,26-. The van der Waals surface area contributed by atoms with Crippen LogP contribution in [0.1, 0.15) is 62.9 Å². The zero-order valence-corrected chi connectivity index (χ0v) is 22.0. The van der Waals surface area contributed by atoms with Gasteiger partial charge in [0.05, 0.1) is 16.1 Å². The average molecular weight is 509 g/mol. The van der Waals surface area contributed by atoms with E-state index >= 15 is 0 Å². The number of nitriles is 1. The van der Waals surface area contributed by atoms with Crippen LogP contribution in [0.2, 0.25) is 5.02 Å². The first-order chi connectivity index (χ1) is 17.1. The van der Waals surface area contributed by atoms with E-state index in [1.54, 1.807) is 24.4 Å². The summed E-state index contributed by atoms with van der Waals surface area (Å²) in [4.78, 5) is 30.6.